The van der Waals surface area contributed by atoms with Crippen molar-refractivity contribution < 1.29 is 19.1 Å². The Morgan fingerprint density at radius 2 is 1.84 bits per heavy atom. The van der Waals surface area contributed by atoms with Crippen LogP contribution in [0.25, 0.3) is 22.1 Å². The zero-order chi connectivity index (χ0) is 21.8. The lowest BCUT2D eigenvalue weighted by atomic mass is 10.0. The number of carbonyl (C=O) groups is 1. The van der Waals surface area contributed by atoms with Gasteiger partial charge >= 0.3 is 5.63 Å². The maximum Gasteiger partial charge on any atom is 0.336 e. The molecule has 1 saturated heterocycles. The minimum atomic E-state index is -0.476. The fraction of sp³-hybridized carbons (Fsp3) is 0.304. The normalized spacial score (nSPS) is 14.7. The number of benzene rings is 2. The number of aliphatic hydroxyl groups is 1. The quantitative estimate of drug-likeness (QED) is 0.591. The molecular formula is C23H23ClN2O5. The van der Waals surface area contributed by atoms with Crippen LogP contribution in [-0.2, 0) is 4.79 Å². The summed E-state index contributed by atoms with van der Waals surface area (Å²) in [6.45, 7) is 3.17. The Balaban J connectivity index is 1.51. The number of halogens is 1. The lowest BCUT2D eigenvalue weighted by molar-refractivity contribution is -0.135. The highest BCUT2D eigenvalue weighted by Crippen LogP contribution is 2.34. The van der Waals surface area contributed by atoms with E-state index in [-0.39, 0.29) is 24.9 Å². The topological polar surface area (TPSA) is 83.2 Å². The second kappa shape index (κ2) is 9.51. The Hall–Kier alpha value is -2.87. The molecular weight excluding hydrogens is 420 g/mol. The van der Waals surface area contributed by atoms with Crippen LogP contribution in [0.2, 0.25) is 5.02 Å². The molecule has 162 valence electrons. The number of piperazine rings is 1. The highest BCUT2D eigenvalue weighted by molar-refractivity contribution is 6.33. The molecule has 2 heterocycles. The minimum absolute atomic E-state index is 0.111. The standard InChI is InChI=1S/C23H23ClN2O5/c24-19-12-18-17(16-4-2-1-3-5-16)13-23(29)31-20(18)14-21(19)30-15-22(28)26-8-6-25(7-9-26)10-11-27/h1-5,12-14,27H,6-11,15H2. The Morgan fingerprint density at radius 3 is 2.55 bits per heavy atom. The molecule has 1 amide bonds. The molecule has 1 fully saturated rings. The van der Waals surface area contributed by atoms with Crippen LogP contribution in [0.4, 0.5) is 0 Å². The van der Waals surface area contributed by atoms with Crippen molar-refractivity contribution in [2.24, 2.45) is 0 Å². The van der Waals surface area contributed by atoms with Crippen LogP contribution < -0.4 is 10.4 Å². The van der Waals surface area contributed by atoms with E-state index in [1.54, 1.807) is 17.0 Å². The Labute approximate surface area is 184 Å². The lowest BCUT2D eigenvalue weighted by Crippen LogP contribution is -2.50. The summed E-state index contributed by atoms with van der Waals surface area (Å²) >= 11 is 6.43. The number of aliphatic hydroxyl groups excluding tert-OH is 1. The minimum Gasteiger partial charge on any atom is -0.482 e. The molecule has 4 rings (SSSR count). The van der Waals surface area contributed by atoms with Gasteiger partial charge in [0.2, 0.25) is 0 Å². The first-order valence-electron chi connectivity index (χ1n) is 10.1. The molecule has 0 atom stereocenters. The number of hydrogen-bond acceptors (Lipinski definition) is 6. The van der Waals surface area contributed by atoms with Crippen molar-refractivity contribution in [3.8, 4) is 16.9 Å². The van der Waals surface area contributed by atoms with Gasteiger partial charge in [0.15, 0.2) is 6.61 Å². The zero-order valence-corrected chi connectivity index (χ0v) is 17.7. The highest BCUT2D eigenvalue weighted by Gasteiger charge is 2.21. The fourth-order valence-corrected chi connectivity index (χ4v) is 3.94. The van der Waals surface area contributed by atoms with E-state index in [0.29, 0.717) is 35.6 Å². The van der Waals surface area contributed by atoms with Crippen LogP contribution in [0.15, 0.2) is 57.7 Å². The molecule has 2 aromatic carbocycles. The van der Waals surface area contributed by atoms with Crippen LogP contribution in [0.3, 0.4) is 0 Å². The Kier molecular flexibility index (Phi) is 6.56. The number of carbonyl (C=O) groups excluding carboxylic acids is 1. The molecule has 0 radical (unpaired) electrons. The molecule has 31 heavy (non-hydrogen) atoms. The molecule has 1 aromatic heterocycles. The van der Waals surface area contributed by atoms with Gasteiger partial charge in [-0.25, -0.2) is 4.79 Å². The molecule has 7 nitrogen and oxygen atoms in total. The second-order valence-electron chi connectivity index (χ2n) is 7.36. The van der Waals surface area contributed by atoms with Crippen molar-refractivity contribution in [2.45, 2.75) is 0 Å². The molecule has 0 saturated carbocycles. The summed E-state index contributed by atoms with van der Waals surface area (Å²) in [7, 11) is 0. The summed E-state index contributed by atoms with van der Waals surface area (Å²) in [6.07, 6.45) is 0. The number of amides is 1. The van der Waals surface area contributed by atoms with Gasteiger partial charge in [0.25, 0.3) is 5.91 Å². The first-order valence-corrected chi connectivity index (χ1v) is 10.5. The molecule has 0 aliphatic carbocycles. The van der Waals surface area contributed by atoms with Crippen LogP contribution in [0.5, 0.6) is 5.75 Å². The van der Waals surface area contributed by atoms with Crippen LogP contribution in [0, 0.1) is 0 Å². The van der Waals surface area contributed by atoms with Gasteiger partial charge < -0.3 is 19.2 Å². The Bertz CT molecular complexity index is 1120. The highest BCUT2D eigenvalue weighted by atomic mass is 35.5. The van der Waals surface area contributed by atoms with Crippen molar-refractivity contribution in [1.29, 1.82) is 0 Å². The van der Waals surface area contributed by atoms with E-state index in [1.165, 1.54) is 6.07 Å². The fourth-order valence-electron chi connectivity index (χ4n) is 3.72. The first-order chi connectivity index (χ1) is 15.0. The van der Waals surface area contributed by atoms with Gasteiger partial charge in [-0.05, 0) is 17.2 Å². The monoisotopic (exact) mass is 442 g/mol. The third-order valence-corrected chi connectivity index (χ3v) is 5.67. The van der Waals surface area contributed by atoms with Gasteiger partial charge in [0.1, 0.15) is 11.3 Å². The van der Waals surface area contributed by atoms with Crippen molar-refractivity contribution in [1.82, 2.24) is 9.80 Å². The maximum absolute atomic E-state index is 12.5. The lowest BCUT2D eigenvalue weighted by Gasteiger charge is -2.34. The average Bonchev–Trinajstić information content (AvgIpc) is 2.78. The van der Waals surface area contributed by atoms with E-state index < -0.39 is 5.63 Å². The summed E-state index contributed by atoms with van der Waals surface area (Å²) in [5, 5.41) is 10.0. The third-order valence-electron chi connectivity index (χ3n) is 5.37. The number of nitrogens with zero attached hydrogens (tertiary/aromatic N) is 2. The summed E-state index contributed by atoms with van der Waals surface area (Å²) in [6, 6.07) is 14.2. The van der Waals surface area contributed by atoms with Crippen LogP contribution in [0.1, 0.15) is 0 Å². The zero-order valence-electron chi connectivity index (χ0n) is 16.9. The predicted octanol–water partition coefficient (Wildman–Crippen LogP) is 2.63. The summed E-state index contributed by atoms with van der Waals surface area (Å²) in [5.41, 5.74) is 1.46. The van der Waals surface area contributed by atoms with E-state index in [0.717, 1.165) is 24.2 Å². The first kappa shape index (κ1) is 21.4. The van der Waals surface area contributed by atoms with Gasteiger partial charge in [-0.2, -0.15) is 0 Å². The number of ether oxygens (including phenoxy) is 1. The summed E-state index contributed by atoms with van der Waals surface area (Å²) in [5.74, 6) is 0.147. The SMILES string of the molecule is O=C(COc1cc2oc(=O)cc(-c3ccccc3)c2cc1Cl)N1CCN(CCO)CC1. The predicted molar refractivity (Wildman–Crippen MR) is 119 cm³/mol. The van der Waals surface area contributed by atoms with E-state index >= 15 is 0 Å². The molecule has 1 aliphatic rings. The molecule has 1 N–H and O–H groups in total. The molecule has 0 spiro atoms. The number of fused-ring (bicyclic) bond motifs is 1. The van der Waals surface area contributed by atoms with Gasteiger partial charge in [-0.3, -0.25) is 9.69 Å². The largest absolute Gasteiger partial charge is 0.482 e. The van der Waals surface area contributed by atoms with Crippen LogP contribution in [-0.4, -0.2) is 66.8 Å². The van der Waals surface area contributed by atoms with Crippen molar-refractivity contribution in [2.75, 3.05) is 45.9 Å². The molecule has 3 aromatic rings. The van der Waals surface area contributed by atoms with Crippen molar-refractivity contribution >= 4 is 28.5 Å². The van der Waals surface area contributed by atoms with Gasteiger partial charge in [-0.15, -0.1) is 0 Å². The van der Waals surface area contributed by atoms with E-state index in [2.05, 4.69) is 4.90 Å². The smallest absolute Gasteiger partial charge is 0.336 e. The molecule has 0 unspecified atom stereocenters. The van der Waals surface area contributed by atoms with Crippen molar-refractivity contribution in [3.63, 3.8) is 0 Å². The number of rotatable bonds is 6. The Morgan fingerprint density at radius 1 is 1.10 bits per heavy atom. The van der Waals surface area contributed by atoms with Gasteiger partial charge in [0, 0.05) is 50.2 Å². The molecule has 0 bridgehead atoms. The van der Waals surface area contributed by atoms with E-state index in [1.807, 2.05) is 30.3 Å². The number of hydrogen-bond donors (Lipinski definition) is 1. The van der Waals surface area contributed by atoms with Crippen LogP contribution >= 0.6 is 11.6 Å². The maximum atomic E-state index is 12.5. The second-order valence-corrected chi connectivity index (χ2v) is 7.77. The van der Waals surface area contributed by atoms with Crippen molar-refractivity contribution in [3.05, 3.63) is 64.0 Å². The average molecular weight is 443 g/mol. The van der Waals surface area contributed by atoms with Gasteiger partial charge in [-0.1, -0.05) is 41.9 Å². The number of β-amino-alcohol motifs (C(OH)–C–C–N with tert-alkyl or cyclic N) is 1. The third kappa shape index (κ3) is 4.90. The molecule has 8 heteroatoms. The van der Waals surface area contributed by atoms with E-state index in [9.17, 15) is 9.59 Å². The molecule has 1 aliphatic heterocycles. The summed E-state index contributed by atoms with van der Waals surface area (Å²) in [4.78, 5) is 28.5. The van der Waals surface area contributed by atoms with Gasteiger partial charge in [0.05, 0.1) is 11.6 Å². The summed E-state index contributed by atoms with van der Waals surface area (Å²) < 4.78 is 11.0. The van der Waals surface area contributed by atoms with E-state index in [4.69, 9.17) is 25.9 Å².